The Morgan fingerprint density at radius 3 is 2.37 bits per heavy atom. The summed E-state index contributed by atoms with van der Waals surface area (Å²) < 4.78 is 10.7. The van der Waals surface area contributed by atoms with Crippen LogP contribution in [0.25, 0.3) is 0 Å². The van der Waals surface area contributed by atoms with Crippen LogP contribution in [-0.4, -0.2) is 30.4 Å². The molecule has 1 aliphatic carbocycles. The zero-order valence-electron chi connectivity index (χ0n) is 17.1. The summed E-state index contributed by atoms with van der Waals surface area (Å²) in [6.07, 6.45) is 5.88. The van der Waals surface area contributed by atoms with Gasteiger partial charge in [-0.05, 0) is 62.0 Å². The van der Waals surface area contributed by atoms with Crippen LogP contribution >= 0.6 is 0 Å². The maximum atomic E-state index is 12.2. The zero-order valence-corrected chi connectivity index (χ0v) is 17.1. The molecule has 0 amide bonds. The van der Waals surface area contributed by atoms with Crippen molar-refractivity contribution < 1.29 is 19.4 Å². The molecule has 4 heteroatoms. The Bertz CT molecular complexity index is 607. The summed E-state index contributed by atoms with van der Waals surface area (Å²) in [4.78, 5) is 12.2. The molecular weight excluding hydrogens is 340 g/mol. The number of para-hydroxylation sites is 1. The third-order valence-corrected chi connectivity index (χ3v) is 5.40. The first-order valence-electron chi connectivity index (χ1n) is 9.97. The second-order valence-corrected chi connectivity index (χ2v) is 8.70. The quantitative estimate of drug-likeness (QED) is 0.552. The summed E-state index contributed by atoms with van der Waals surface area (Å²) in [7, 11) is 0. The number of benzene rings is 1. The number of carbonyl (C=O) groups is 1. The van der Waals surface area contributed by atoms with Gasteiger partial charge in [0.25, 0.3) is 0 Å². The fraction of sp³-hybridized carbons (Fsp3) is 0.609. The van der Waals surface area contributed by atoms with E-state index in [0.29, 0.717) is 22.7 Å². The summed E-state index contributed by atoms with van der Waals surface area (Å²) in [5.41, 5.74) is 0.992. The molecule has 1 unspecified atom stereocenters. The summed E-state index contributed by atoms with van der Waals surface area (Å²) in [5, 5.41) is 9.95. The molecular formula is C23H34O4. The van der Waals surface area contributed by atoms with Gasteiger partial charge in [-0.1, -0.05) is 45.0 Å². The molecule has 1 fully saturated rings. The average Bonchev–Trinajstić information content (AvgIpc) is 2.65. The fourth-order valence-electron chi connectivity index (χ4n) is 3.62. The highest BCUT2D eigenvalue weighted by atomic mass is 16.5. The Morgan fingerprint density at radius 1 is 1.15 bits per heavy atom. The van der Waals surface area contributed by atoms with Crippen molar-refractivity contribution in [3.8, 4) is 5.75 Å². The van der Waals surface area contributed by atoms with Gasteiger partial charge in [0.15, 0.2) is 0 Å². The highest BCUT2D eigenvalue weighted by molar-refractivity contribution is 5.87. The van der Waals surface area contributed by atoms with E-state index in [1.807, 2.05) is 36.4 Å². The molecule has 27 heavy (non-hydrogen) atoms. The van der Waals surface area contributed by atoms with Gasteiger partial charge in [0.2, 0.25) is 0 Å². The first kappa shape index (κ1) is 21.5. The predicted octanol–water partition coefficient (Wildman–Crippen LogP) is 4.77. The first-order chi connectivity index (χ1) is 12.8. The van der Waals surface area contributed by atoms with Crippen LogP contribution in [0.4, 0.5) is 0 Å². The van der Waals surface area contributed by atoms with Gasteiger partial charge in [0.05, 0.1) is 0 Å². The summed E-state index contributed by atoms with van der Waals surface area (Å²) in [6, 6.07) is 9.27. The molecule has 1 aromatic rings. The van der Waals surface area contributed by atoms with Gasteiger partial charge < -0.3 is 14.6 Å². The van der Waals surface area contributed by atoms with Gasteiger partial charge in [0.1, 0.15) is 25.1 Å². The molecule has 4 nitrogen and oxygen atoms in total. The van der Waals surface area contributed by atoms with E-state index in [9.17, 15) is 9.90 Å². The Hall–Kier alpha value is -1.81. The molecule has 1 atom stereocenters. The van der Waals surface area contributed by atoms with Crippen LogP contribution in [0.5, 0.6) is 5.75 Å². The minimum Gasteiger partial charge on any atom is -0.491 e. The highest BCUT2D eigenvalue weighted by Gasteiger charge is 2.29. The maximum Gasteiger partial charge on any atom is 0.333 e. The van der Waals surface area contributed by atoms with E-state index >= 15 is 0 Å². The highest BCUT2D eigenvalue weighted by Crippen LogP contribution is 2.40. The molecule has 0 spiro atoms. The predicted molar refractivity (Wildman–Crippen MR) is 108 cm³/mol. The number of rotatable bonds is 7. The van der Waals surface area contributed by atoms with Crippen molar-refractivity contribution >= 4 is 5.97 Å². The average molecular weight is 375 g/mol. The molecule has 2 rings (SSSR count). The van der Waals surface area contributed by atoms with Gasteiger partial charge in [-0.25, -0.2) is 4.79 Å². The van der Waals surface area contributed by atoms with Gasteiger partial charge in [-0.15, -0.1) is 0 Å². The number of allylic oxidation sites excluding steroid dienone is 1. The fourth-order valence-corrected chi connectivity index (χ4v) is 3.62. The molecule has 0 bridgehead atoms. The number of aliphatic hydroxyl groups is 1. The minimum atomic E-state index is -0.843. The normalized spacial score (nSPS) is 22.2. The lowest BCUT2D eigenvalue weighted by atomic mass is 9.69. The smallest absolute Gasteiger partial charge is 0.333 e. The number of esters is 1. The molecule has 0 heterocycles. The van der Waals surface area contributed by atoms with E-state index in [1.165, 1.54) is 12.8 Å². The van der Waals surface area contributed by atoms with Crippen LogP contribution in [0.1, 0.15) is 53.4 Å². The Labute approximate surface area is 163 Å². The molecule has 0 saturated heterocycles. The van der Waals surface area contributed by atoms with E-state index in [0.717, 1.165) is 18.8 Å². The van der Waals surface area contributed by atoms with Crippen molar-refractivity contribution in [2.75, 3.05) is 13.2 Å². The van der Waals surface area contributed by atoms with Crippen LogP contribution in [0.2, 0.25) is 0 Å². The van der Waals surface area contributed by atoms with Gasteiger partial charge in [-0.3, -0.25) is 0 Å². The largest absolute Gasteiger partial charge is 0.491 e. The van der Waals surface area contributed by atoms with E-state index in [2.05, 4.69) is 20.8 Å². The third kappa shape index (κ3) is 7.37. The van der Waals surface area contributed by atoms with Gasteiger partial charge in [-0.2, -0.15) is 0 Å². The Kier molecular flexibility index (Phi) is 7.91. The summed E-state index contributed by atoms with van der Waals surface area (Å²) in [5.74, 6) is 1.54. The third-order valence-electron chi connectivity index (χ3n) is 5.40. The number of ether oxygens (including phenoxy) is 2. The van der Waals surface area contributed by atoms with Crippen molar-refractivity contribution in [3.05, 3.63) is 42.0 Å². The molecule has 150 valence electrons. The van der Waals surface area contributed by atoms with E-state index < -0.39 is 6.10 Å². The van der Waals surface area contributed by atoms with Crippen molar-refractivity contribution in [2.24, 2.45) is 17.3 Å². The van der Waals surface area contributed by atoms with Gasteiger partial charge >= 0.3 is 5.97 Å². The maximum absolute atomic E-state index is 12.2. The second kappa shape index (κ2) is 9.93. The molecule has 1 aromatic carbocycles. The van der Waals surface area contributed by atoms with Crippen molar-refractivity contribution in [2.45, 2.75) is 59.5 Å². The first-order valence-corrected chi connectivity index (χ1v) is 9.97. The SMILES string of the molecule is CC(=CC1CCC(C(C)(C)C)CC1)C(=O)OCC(O)COc1ccccc1. The molecule has 1 N–H and O–H groups in total. The molecule has 0 aromatic heterocycles. The lowest BCUT2D eigenvalue weighted by molar-refractivity contribution is -0.142. The van der Waals surface area contributed by atoms with Crippen LogP contribution in [0, 0.1) is 17.3 Å². The van der Waals surface area contributed by atoms with Crippen molar-refractivity contribution in [3.63, 3.8) is 0 Å². The van der Waals surface area contributed by atoms with Crippen LogP contribution in [-0.2, 0) is 9.53 Å². The number of carbonyl (C=O) groups excluding carboxylic acids is 1. The lowest BCUT2D eigenvalue weighted by Crippen LogP contribution is -2.26. The summed E-state index contributed by atoms with van der Waals surface area (Å²) >= 11 is 0. The second-order valence-electron chi connectivity index (χ2n) is 8.70. The van der Waals surface area contributed by atoms with Crippen molar-refractivity contribution in [1.29, 1.82) is 0 Å². The van der Waals surface area contributed by atoms with Crippen LogP contribution in [0.15, 0.2) is 42.0 Å². The minimum absolute atomic E-state index is 0.0619. The van der Waals surface area contributed by atoms with Crippen molar-refractivity contribution in [1.82, 2.24) is 0 Å². The standard InChI is InChI=1S/C23H34O4/c1-17(14-18-10-12-19(13-11-18)23(2,3)4)22(25)27-16-20(24)15-26-21-8-6-5-7-9-21/h5-9,14,18-20,24H,10-13,15-16H2,1-4H3. The van der Waals surface area contributed by atoms with Crippen LogP contribution in [0.3, 0.4) is 0 Å². The number of hydrogen-bond donors (Lipinski definition) is 1. The lowest BCUT2D eigenvalue weighted by Gasteiger charge is -2.36. The summed E-state index contributed by atoms with van der Waals surface area (Å²) in [6.45, 7) is 8.76. The number of aliphatic hydroxyl groups excluding tert-OH is 1. The topological polar surface area (TPSA) is 55.8 Å². The molecule has 0 radical (unpaired) electrons. The number of hydrogen-bond acceptors (Lipinski definition) is 4. The zero-order chi connectivity index (χ0) is 19.9. The molecule has 1 aliphatic rings. The molecule has 1 saturated carbocycles. The Balaban J connectivity index is 1.71. The monoisotopic (exact) mass is 374 g/mol. The Morgan fingerprint density at radius 2 is 1.78 bits per heavy atom. The van der Waals surface area contributed by atoms with Gasteiger partial charge in [0, 0.05) is 5.57 Å². The molecule has 0 aliphatic heterocycles. The van der Waals surface area contributed by atoms with E-state index in [1.54, 1.807) is 6.92 Å². The van der Waals surface area contributed by atoms with Crippen LogP contribution < -0.4 is 4.74 Å². The van der Waals surface area contributed by atoms with E-state index in [4.69, 9.17) is 9.47 Å². The van der Waals surface area contributed by atoms with E-state index in [-0.39, 0.29) is 19.2 Å².